The van der Waals surface area contributed by atoms with E-state index in [1.807, 2.05) is 27.7 Å². The fourth-order valence-electron chi connectivity index (χ4n) is 2.44. The molecule has 0 aliphatic carbocycles. The molecule has 2 saturated heterocycles. The lowest BCUT2D eigenvalue weighted by Gasteiger charge is -2.15. The average molecular weight is 249 g/mol. The molecule has 0 aromatic rings. The Hall–Kier alpha value is -1.58. The lowest BCUT2D eigenvalue weighted by molar-refractivity contribution is -0.140. The first-order chi connectivity index (χ1) is 8.40. The van der Waals surface area contributed by atoms with E-state index in [9.17, 15) is 9.59 Å². The van der Waals surface area contributed by atoms with Crippen LogP contribution in [-0.4, -0.2) is 24.0 Å². The summed E-state index contributed by atoms with van der Waals surface area (Å²) in [4.78, 5) is 23.4. The SMILES string of the molecule is CC(C)=C1CC(C2CC(=C(C)C)C(=O)O2)NC1=O. The minimum atomic E-state index is -0.236. The Morgan fingerprint density at radius 3 is 2.11 bits per heavy atom. The third-order valence-corrected chi connectivity index (χ3v) is 3.58. The van der Waals surface area contributed by atoms with Crippen molar-refractivity contribution in [2.24, 2.45) is 0 Å². The summed E-state index contributed by atoms with van der Waals surface area (Å²) in [6, 6.07) is -0.0804. The quantitative estimate of drug-likeness (QED) is 0.570. The summed E-state index contributed by atoms with van der Waals surface area (Å²) in [7, 11) is 0. The zero-order valence-corrected chi connectivity index (χ0v) is 11.3. The minimum absolute atomic E-state index is 0.0262. The molecule has 98 valence electrons. The molecular weight excluding hydrogens is 230 g/mol. The van der Waals surface area contributed by atoms with Crippen molar-refractivity contribution in [1.29, 1.82) is 0 Å². The second-order valence-electron chi connectivity index (χ2n) is 5.39. The van der Waals surface area contributed by atoms with E-state index in [1.165, 1.54) is 0 Å². The Bertz CT molecular complexity index is 421. The summed E-state index contributed by atoms with van der Waals surface area (Å²) in [6.45, 7) is 7.68. The van der Waals surface area contributed by atoms with Crippen LogP contribution in [0.25, 0.3) is 0 Å². The molecule has 0 saturated carbocycles. The number of allylic oxidation sites excluding steroid dienone is 2. The average Bonchev–Trinajstić information content (AvgIpc) is 2.81. The van der Waals surface area contributed by atoms with Crippen molar-refractivity contribution in [2.45, 2.75) is 52.7 Å². The third kappa shape index (κ3) is 2.19. The number of carbonyl (C=O) groups excluding carboxylic acids is 2. The Balaban J connectivity index is 2.14. The summed E-state index contributed by atoms with van der Waals surface area (Å²) in [5.41, 5.74) is 3.60. The Morgan fingerprint density at radius 2 is 1.67 bits per heavy atom. The van der Waals surface area contributed by atoms with Gasteiger partial charge in [-0.25, -0.2) is 4.79 Å². The molecule has 18 heavy (non-hydrogen) atoms. The van der Waals surface area contributed by atoms with Gasteiger partial charge in [-0.2, -0.15) is 0 Å². The molecule has 0 aromatic heterocycles. The number of cyclic esters (lactones) is 1. The Morgan fingerprint density at radius 1 is 1.06 bits per heavy atom. The van der Waals surface area contributed by atoms with Crippen LogP contribution in [0.2, 0.25) is 0 Å². The summed E-state index contributed by atoms with van der Waals surface area (Å²) < 4.78 is 5.36. The number of rotatable bonds is 1. The van der Waals surface area contributed by atoms with Gasteiger partial charge in [0, 0.05) is 24.0 Å². The smallest absolute Gasteiger partial charge is 0.334 e. The van der Waals surface area contributed by atoms with Gasteiger partial charge in [-0.05, 0) is 27.7 Å². The predicted molar refractivity (Wildman–Crippen MR) is 67.8 cm³/mol. The fourth-order valence-corrected chi connectivity index (χ4v) is 2.44. The zero-order valence-electron chi connectivity index (χ0n) is 11.3. The van der Waals surface area contributed by atoms with Crippen LogP contribution in [0.5, 0.6) is 0 Å². The van der Waals surface area contributed by atoms with E-state index >= 15 is 0 Å². The third-order valence-electron chi connectivity index (χ3n) is 3.58. The van der Waals surface area contributed by atoms with Crippen LogP contribution in [0.3, 0.4) is 0 Å². The molecule has 4 nitrogen and oxygen atoms in total. The maximum Gasteiger partial charge on any atom is 0.334 e. The highest BCUT2D eigenvalue weighted by molar-refractivity contribution is 5.97. The molecule has 2 rings (SSSR count). The van der Waals surface area contributed by atoms with Crippen molar-refractivity contribution in [3.05, 3.63) is 22.3 Å². The van der Waals surface area contributed by atoms with Crippen molar-refractivity contribution < 1.29 is 14.3 Å². The highest BCUT2D eigenvalue weighted by Crippen LogP contribution is 2.30. The molecule has 0 radical (unpaired) electrons. The first-order valence-corrected chi connectivity index (χ1v) is 6.24. The highest BCUT2D eigenvalue weighted by Gasteiger charge is 2.40. The normalized spacial score (nSPS) is 27.3. The first kappa shape index (κ1) is 12.9. The lowest BCUT2D eigenvalue weighted by Crippen LogP contribution is -2.36. The van der Waals surface area contributed by atoms with Crippen molar-refractivity contribution >= 4 is 11.9 Å². The summed E-state index contributed by atoms with van der Waals surface area (Å²) in [6.07, 6.45) is 1.03. The number of ether oxygens (including phenoxy) is 1. The molecule has 4 heteroatoms. The van der Waals surface area contributed by atoms with Crippen LogP contribution < -0.4 is 5.32 Å². The Labute approximate surface area is 107 Å². The van der Waals surface area contributed by atoms with Gasteiger partial charge in [-0.1, -0.05) is 11.1 Å². The van der Waals surface area contributed by atoms with Crippen molar-refractivity contribution in [3.63, 3.8) is 0 Å². The molecule has 2 aliphatic heterocycles. The van der Waals surface area contributed by atoms with Gasteiger partial charge < -0.3 is 10.1 Å². The predicted octanol–water partition coefficient (Wildman–Crippen LogP) is 1.86. The molecule has 1 amide bonds. The molecule has 1 N–H and O–H groups in total. The number of hydrogen-bond donors (Lipinski definition) is 1. The van der Waals surface area contributed by atoms with E-state index in [4.69, 9.17) is 4.74 Å². The first-order valence-electron chi connectivity index (χ1n) is 6.24. The van der Waals surface area contributed by atoms with E-state index in [1.54, 1.807) is 0 Å². The monoisotopic (exact) mass is 249 g/mol. The number of amides is 1. The van der Waals surface area contributed by atoms with Crippen LogP contribution in [0, 0.1) is 0 Å². The van der Waals surface area contributed by atoms with E-state index < -0.39 is 0 Å². The van der Waals surface area contributed by atoms with Crippen molar-refractivity contribution in [1.82, 2.24) is 5.32 Å². The van der Waals surface area contributed by atoms with Crippen LogP contribution in [-0.2, 0) is 14.3 Å². The van der Waals surface area contributed by atoms with Crippen LogP contribution in [0.1, 0.15) is 40.5 Å². The second kappa shape index (κ2) is 4.59. The summed E-state index contributed by atoms with van der Waals surface area (Å²) >= 11 is 0. The highest BCUT2D eigenvalue weighted by atomic mass is 16.6. The molecule has 2 aliphatic rings. The molecule has 2 atom stereocenters. The van der Waals surface area contributed by atoms with E-state index in [-0.39, 0.29) is 24.0 Å². The van der Waals surface area contributed by atoms with Crippen LogP contribution in [0.4, 0.5) is 0 Å². The number of nitrogens with one attached hydrogen (secondary N) is 1. The van der Waals surface area contributed by atoms with Gasteiger partial charge >= 0.3 is 5.97 Å². The largest absolute Gasteiger partial charge is 0.456 e. The van der Waals surface area contributed by atoms with Gasteiger partial charge in [0.2, 0.25) is 5.91 Å². The fraction of sp³-hybridized carbons (Fsp3) is 0.571. The molecule has 2 fully saturated rings. The van der Waals surface area contributed by atoms with Gasteiger partial charge in [0.1, 0.15) is 6.10 Å². The van der Waals surface area contributed by atoms with Crippen molar-refractivity contribution in [3.8, 4) is 0 Å². The lowest BCUT2D eigenvalue weighted by atomic mass is 9.99. The maximum absolute atomic E-state index is 11.8. The zero-order chi connectivity index (χ0) is 13.4. The molecule has 2 unspecified atom stereocenters. The van der Waals surface area contributed by atoms with Gasteiger partial charge in [0.05, 0.1) is 6.04 Å². The van der Waals surface area contributed by atoms with Crippen LogP contribution >= 0.6 is 0 Å². The summed E-state index contributed by atoms with van der Waals surface area (Å²) in [5, 5.41) is 2.91. The number of carbonyl (C=O) groups is 2. The van der Waals surface area contributed by atoms with Gasteiger partial charge in [0.25, 0.3) is 0 Å². The van der Waals surface area contributed by atoms with E-state index in [0.717, 1.165) is 22.3 Å². The molecule has 0 spiro atoms. The van der Waals surface area contributed by atoms with Gasteiger partial charge in [-0.3, -0.25) is 4.79 Å². The second-order valence-corrected chi connectivity index (χ2v) is 5.39. The maximum atomic E-state index is 11.8. The Kier molecular flexibility index (Phi) is 3.28. The van der Waals surface area contributed by atoms with Gasteiger partial charge in [-0.15, -0.1) is 0 Å². The summed E-state index contributed by atoms with van der Waals surface area (Å²) in [5.74, 6) is -0.262. The standard InChI is InChI=1S/C14H19NO3/c1-7(2)9-5-11(15-13(9)16)12-6-10(8(3)4)14(17)18-12/h11-12H,5-6H2,1-4H3,(H,15,16). The molecular formula is C14H19NO3. The molecule has 2 heterocycles. The number of esters is 1. The van der Waals surface area contributed by atoms with Gasteiger partial charge in [0.15, 0.2) is 0 Å². The van der Waals surface area contributed by atoms with E-state index in [2.05, 4.69) is 5.32 Å². The van der Waals surface area contributed by atoms with Crippen molar-refractivity contribution in [2.75, 3.05) is 0 Å². The minimum Gasteiger partial charge on any atom is -0.456 e. The van der Waals surface area contributed by atoms with Crippen LogP contribution in [0.15, 0.2) is 22.3 Å². The number of hydrogen-bond acceptors (Lipinski definition) is 3. The van der Waals surface area contributed by atoms with E-state index in [0.29, 0.717) is 12.8 Å². The molecule has 0 bridgehead atoms. The molecule has 0 aromatic carbocycles. The topological polar surface area (TPSA) is 55.4 Å².